The second-order valence-electron chi connectivity index (χ2n) is 5.38. The fourth-order valence-electron chi connectivity index (χ4n) is 2.49. The Morgan fingerprint density at radius 3 is 2.65 bits per heavy atom. The van der Waals surface area contributed by atoms with Crippen molar-refractivity contribution in [3.63, 3.8) is 0 Å². The normalized spacial score (nSPS) is 16.4. The molecule has 122 valence electrons. The molecule has 0 aliphatic carbocycles. The summed E-state index contributed by atoms with van der Waals surface area (Å²) in [6.45, 7) is 8.38. The van der Waals surface area contributed by atoms with Crippen molar-refractivity contribution in [3.05, 3.63) is 45.7 Å². The molecule has 0 saturated carbocycles. The van der Waals surface area contributed by atoms with Crippen LogP contribution in [-0.4, -0.2) is 43.7 Å². The molecule has 0 spiro atoms. The minimum absolute atomic E-state index is 0.768. The molecule has 1 aliphatic heterocycles. The summed E-state index contributed by atoms with van der Waals surface area (Å²) < 4.78 is 7.29. The summed E-state index contributed by atoms with van der Waals surface area (Å²) >= 11 is 1.62. The Bertz CT molecular complexity index is 724. The molecule has 3 rings (SSSR count). The number of ether oxygens (including phenoxy) is 1. The van der Waals surface area contributed by atoms with Crippen molar-refractivity contribution in [2.45, 2.75) is 13.8 Å². The third kappa shape index (κ3) is 3.89. The largest absolute Gasteiger partial charge is 0.378 e. The van der Waals surface area contributed by atoms with E-state index in [-0.39, 0.29) is 0 Å². The smallest absolute Gasteiger partial charge is 0.205 e. The second kappa shape index (κ2) is 7.57. The highest BCUT2D eigenvalue weighted by Crippen LogP contribution is 2.16. The highest BCUT2D eigenvalue weighted by Gasteiger charge is 2.10. The molecule has 0 bridgehead atoms. The summed E-state index contributed by atoms with van der Waals surface area (Å²) in [6.07, 6.45) is 1.89. The lowest BCUT2D eigenvalue weighted by Gasteiger charge is -2.28. The molecule has 1 saturated heterocycles. The lowest BCUT2D eigenvalue weighted by atomic mass is 10.2. The molecule has 1 aromatic heterocycles. The van der Waals surface area contributed by atoms with Crippen molar-refractivity contribution in [1.29, 1.82) is 0 Å². The number of hydrogen-bond acceptors (Lipinski definition) is 5. The lowest BCUT2D eigenvalue weighted by Crippen LogP contribution is -2.36. The Morgan fingerprint density at radius 2 is 1.96 bits per heavy atom. The first-order valence-electron chi connectivity index (χ1n) is 7.92. The van der Waals surface area contributed by atoms with Gasteiger partial charge in [-0.1, -0.05) is 12.1 Å². The molecule has 6 heteroatoms. The lowest BCUT2D eigenvalue weighted by molar-refractivity contribution is 0.122. The van der Waals surface area contributed by atoms with Crippen LogP contribution in [0.25, 0.3) is 0 Å². The van der Waals surface area contributed by atoms with Crippen LogP contribution in [0.4, 0.5) is 5.69 Å². The van der Waals surface area contributed by atoms with Gasteiger partial charge in [0, 0.05) is 30.7 Å². The number of benzene rings is 1. The molecule has 0 atom stereocenters. The van der Waals surface area contributed by atoms with Crippen LogP contribution in [0.5, 0.6) is 0 Å². The van der Waals surface area contributed by atoms with E-state index in [0.717, 1.165) is 48.9 Å². The molecular formula is C17H22N4OS. The maximum absolute atomic E-state index is 5.39. The van der Waals surface area contributed by atoms with Crippen LogP contribution in [0.2, 0.25) is 0 Å². The number of rotatable bonds is 4. The van der Waals surface area contributed by atoms with Crippen molar-refractivity contribution in [3.8, 4) is 0 Å². The molecule has 1 aliphatic rings. The Morgan fingerprint density at radius 1 is 1.22 bits per heavy atom. The first kappa shape index (κ1) is 16.0. The van der Waals surface area contributed by atoms with Gasteiger partial charge in [-0.3, -0.25) is 4.99 Å². The van der Waals surface area contributed by atoms with E-state index >= 15 is 0 Å². The minimum atomic E-state index is 0.768. The SMILES string of the molecule is CCN=c1scc(C)n1N=Cc1ccc(N2CCOCC2)cc1. The number of anilines is 1. The average Bonchev–Trinajstić information content (AvgIpc) is 2.95. The summed E-state index contributed by atoms with van der Waals surface area (Å²) in [5.74, 6) is 0. The van der Waals surface area contributed by atoms with Crippen LogP contribution in [-0.2, 0) is 4.74 Å². The van der Waals surface area contributed by atoms with Crippen molar-refractivity contribution < 1.29 is 4.74 Å². The molecule has 5 nitrogen and oxygen atoms in total. The second-order valence-corrected chi connectivity index (χ2v) is 6.22. The van der Waals surface area contributed by atoms with Gasteiger partial charge in [-0.05, 0) is 31.5 Å². The van der Waals surface area contributed by atoms with E-state index in [0.29, 0.717) is 0 Å². The maximum Gasteiger partial charge on any atom is 0.205 e. The molecule has 0 radical (unpaired) electrons. The van der Waals surface area contributed by atoms with Crippen LogP contribution in [0.3, 0.4) is 0 Å². The summed E-state index contributed by atoms with van der Waals surface area (Å²) in [5, 5.41) is 6.65. The van der Waals surface area contributed by atoms with Crippen molar-refractivity contribution >= 4 is 23.2 Å². The topological polar surface area (TPSA) is 42.1 Å². The quantitative estimate of drug-likeness (QED) is 0.808. The van der Waals surface area contributed by atoms with Crippen LogP contribution in [0.1, 0.15) is 18.2 Å². The predicted octanol–water partition coefficient (Wildman–Crippen LogP) is 2.50. The molecule has 2 heterocycles. The summed E-state index contributed by atoms with van der Waals surface area (Å²) in [7, 11) is 0. The minimum Gasteiger partial charge on any atom is -0.378 e. The zero-order valence-electron chi connectivity index (χ0n) is 13.6. The standard InChI is InChI=1S/C17H22N4OS/c1-3-18-17-21(14(2)13-23-17)19-12-15-4-6-16(7-5-15)20-8-10-22-11-9-20/h4-7,12-13H,3,8-11H2,1-2H3. The van der Waals surface area contributed by atoms with Crippen molar-refractivity contribution in [1.82, 2.24) is 4.68 Å². The van der Waals surface area contributed by atoms with E-state index in [1.807, 2.05) is 24.7 Å². The van der Waals surface area contributed by atoms with E-state index < -0.39 is 0 Å². The summed E-state index contributed by atoms with van der Waals surface area (Å²) in [6, 6.07) is 8.50. The van der Waals surface area contributed by atoms with E-state index in [1.165, 1.54) is 5.69 Å². The molecule has 0 N–H and O–H groups in total. The Labute approximate surface area is 140 Å². The summed E-state index contributed by atoms with van der Waals surface area (Å²) in [5.41, 5.74) is 3.43. The molecule has 2 aromatic rings. The van der Waals surface area contributed by atoms with Gasteiger partial charge >= 0.3 is 0 Å². The fraction of sp³-hybridized carbons (Fsp3) is 0.412. The third-order valence-electron chi connectivity index (χ3n) is 3.74. The highest BCUT2D eigenvalue weighted by atomic mass is 32.1. The molecule has 1 fully saturated rings. The Hall–Kier alpha value is -1.92. The van der Waals surface area contributed by atoms with Crippen molar-refractivity contribution in [2.75, 3.05) is 37.7 Å². The first-order valence-corrected chi connectivity index (χ1v) is 8.80. The van der Waals surface area contributed by atoms with Gasteiger partial charge in [0.2, 0.25) is 4.80 Å². The van der Waals surface area contributed by atoms with Crippen LogP contribution in [0, 0.1) is 6.92 Å². The van der Waals surface area contributed by atoms with Gasteiger partial charge in [0.15, 0.2) is 0 Å². The molecule has 23 heavy (non-hydrogen) atoms. The molecule has 0 unspecified atom stereocenters. The molecule has 0 amide bonds. The van der Waals surface area contributed by atoms with Gasteiger partial charge < -0.3 is 9.64 Å². The monoisotopic (exact) mass is 330 g/mol. The number of aromatic nitrogens is 1. The van der Waals surface area contributed by atoms with Crippen LogP contribution < -0.4 is 9.70 Å². The van der Waals surface area contributed by atoms with Gasteiger partial charge in [-0.25, -0.2) is 4.68 Å². The van der Waals surface area contributed by atoms with E-state index in [4.69, 9.17) is 4.74 Å². The van der Waals surface area contributed by atoms with Gasteiger partial charge in [0.05, 0.1) is 25.1 Å². The van der Waals surface area contributed by atoms with E-state index in [1.54, 1.807) is 11.3 Å². The van der Waals surface area contributed by atoms with E-state index in [9.17, 15) is 0 Å². The number of aryl methyl sites for hydroxylation is 1. The average molecular weight is 330 g/mol. The summed E-state index contributed by atoms with van der Waals surface area (Å²) in [4.78, 5) is 7.75. The Balaban J connectivity index is 1.75. The Kier molecular flexibility index (Phi) is 5.25. The van der Waals surface area contributed by atoms with E-state index in [2.05, 4.69) is 44.6 Å². The third-order valence-corrected chi connectivity index (χ3v) is 4.71. The number of nitrogens with zero attached hydrogens (tertiary/aromatic N) is 4. The number of thiazole rings is 1. The van der Waals surface area contributed by atoms with Crippen LogP contribution >= 0.6 is 11.3 Å². The van der Waals surface area contributed by atoms with Gasteiger partial charge in [0.1, 0.15) is 0 Å². The van der Waals surface area contributed by atoms with Gasteiger partial charge in [-0.15, -0.1) is 11.3 Å². The van der Waals surface area contributed by atoms with Crippen molar-refractivity contribution in [2.24, 2.45) is 10.1 Å². The number of morpholine rings is 1. The van der Waals surface area contributed by atoms with Gasteiger partial charge in [-0.2, -0.15) is 5.10 Å². The first-order chi connectivity index (χ1) is 11.3. The molecular weight excluding hydrogens is 308 g/mol. The van der Waals surface area contributed by atoms with Crippen LogP contribution in [0.15, 0.2) is 39.7 Å². The zero-order valence-corrected chi connectivity index (χ0v) is 14.4. The predicted molar refractivity (Wildman–Crippen MR) is 95.6 cm³/mol. The highest BCUT2D eigenvalue weighted by molar-refractivity contribution is 7.07. The number of hydrogen-bond donors (Lipinski definition) is 0. The maximum atomic E-state index is 5.39. The molecule has 1 aromatic carbocycles. The van der Waals surface area contributed by atoms with Gasteiger partial charge in [0.25, 0.3) is 0 Å². The zero-order chi connectivity index (χ0) is 16.1. The fourth-order valence-corrected chi connectivity index (χ4v) is 3.36.